The second kappa shape index (κ2) is 9.54. The number of anilines is 1. The smallest absolute Gasteiger partial charge is 0.261 e. The number of nitrogens with one attached hydrogen (secondary N) is 1. The number of carbonyl (C=O) groups excluding carboxylic acids is 1. The van der Waals surface area contributed by atoms with Crippen molar-refractivity contribution in [1.82, 2.24) is 4.90 Å². The number of hydrogen-bond donors (Lipinski definition) is 1. The minimum atomic E-state index is -3.84. The molecule has 0 saturated carbocycles. The normalized spacial score (nSPS) is 14.9. The number of likely N-dealkylation sites (tertiary alicyclic amines) is 1. The predicted octanol–water partition coefficient (Wildman–Crippen LogP) is 4.23. The molecule has 0 aromatic heterocycles. The fraction of sp³-hybridized carbons (Fsp3) is 0.381. The largest absolute Gasteiger partial charge is 0.496 e. The van der Waals surface area contributed by atoms with Gasteiger partial charge in [-0.05, 0) is 55.5 Å². The van der Waals surface area contributed by atoms with Gasteiger partial charge in [-0.15, -0.1) is 11.8 Å². The minimum absolute atomic E-state index is 0.0334. The zero-order valence-electron chi connectivity index (χ0n) is 16.7. The first-order chi connectivity index (χ1) is 13.9. The number of amides is 1. The van der Waals surface area contributed by atoms with E-state index in [1.807, 2.05) is 12.3 Å². The molecule has 1 aliphatic heterocycles. The maximum absolute atomic E-state index is 13.1. The first-order valence-electron chi connectivity index (χ1n) is 9.59. The van der Waals surface area contributed by atoms with Gasteiger partial charge in [0.2, 0.25) is 0 Å². The molecule has 0 radical (unpaired) electrons. The van der Waals surface area contributed by atoms with Crippen LogP contribution in [0.15, 0.2) is 52.3 Å². The Morgan fingerprint density at radius 2 is 1.79 bits per heavy atom. The van der Waals surface area contributed by atoms with Gasteiger partial charge in [0, 0.05) is 23.7 Å². The van der Waals surface area contributed by atoms with Crippen molar-refractivity contribution in [2.24, 2.45) is 0 Å². The average molecular weight is 435 g/mol. The third-order valence-corrected chi connectivity index (χ3v) is 7.03. The summed E-state index contributed by atoms with van der Waals surface area (Å²) in [6, 6.07) is 11.6. The van der Waals surface area contributed by atoms with E-state index in [4.69, 9.17) is 4.74 Å². The van der Waals surface area contributed by atoms with E-state index < -0.39 is 10.0 Å². The fourth-order valence-corrected chi connectivity index (χ4v) is 4.90. The number of ether oxygens (including phenoxy) is 1. The van der Waals surface area contributed by atoms with E-state index in [-0.39, 0.29) is 16.4 Å². The lowest BCUT2D eigenvalue weighted by Gasteiger charge is -2.22. The van der Waals surface area contributed by atoms with Gasteiger partial charge in [0.1, 0.15) is 5.75 Å². The summed E-state index contributed by atoms with van der Waals surface area (Å²) in [5.74, 6) is 0.188. The number of nitrogens with zero attached hydrogens (tertiary/aromatic N) is 1. The lowest BCUT2D eigenvalue weighted by molar-refractivity contribution is 0.0758. The molecule has 0 atom stereocenters. The summed E-state index contributed by atoms with van der Waals surface area (Å²) < 4.78 is 33.8. The summed E-state index contributed by atoms with van der Waals surface area (Å²) in [6.07, 6.45) is 6.05. The van der Waals surface area contributed by atoms with Crippen LogP contribution in [-0.4, -0.2) is 45.7 Å². The monoisotopic (exact) mass is 434 g/mol. The van der Waals surface area contributed by atoms with Gasteiger partial charge < -0.3 is 9.64 Å². The molecule has 156 valence electrons. The molecule has 6 nitrogen and oxygen atoms in total. The first-order valence-corrected chi connectivity index (χ1v) is 12.3. The molecule has 1 aliphatic rings. The third-order valence-electron chi connectivity index (χ3n) is 4.93. The van der Waals surface area contributed by atoms with Crippen LogP contribution in [0.4, 0.5) is 5.69 Å². The molecule has 2 aromatic carbocycles. The molecule has 1 N–H and O–H groups in total. The number of carbonyl (C=O) groups is 1. The SMILES string of the molecule is COc1ccc(S(=O)(=O)Nc2cccc(SC)c2)cc1C(=O)N1CCCCCC1. The highest BCUT2D eigenvalue weighted by Gasteiger charge is 2.24. The van der Waals surface area contributed by atoms with Gasteiger partial charge in [0.05, 0.1) is 17.6 Å². The van der Waals surface area contributed by atoms with Crippen LogP contribution in [0.5, 0.6) is 5.75 Å². The second-order valence-electron chi connectivity index (χ2n) is 6.91. The van der Waals surface area contributed by atoms with Crippen molar-refractivity contribution < 1.29 is 17.9 Å². The number of sulfonamides is 1. The van der Waals surface area contributed by atoms with Gasteiger partial charge in [-0.3, -0.25) is 9.52 Å². The maximum Gasteiger partial charge on any atom is 0.261 e. The Hall–Kier alpha value is -2.19. The summed E-state index contributed by atoms with van der Waals surface area (Å²) in [5.41, 5.74) is 0.753. The highest BCUT2D eigenvalue weighted by Crippen LogP contribution is 2.27. The summed E-state index contributed by atoms with van der Waals surface area (Å²) in [7, 11) is -2.36. The summed E-state index contributed by atoms with van der Waals surface area (Å²) in [6.45, 7) is 1.36. The molecular weight excluding hydrogens is 408 g/mol. The van der Waals surface area contributed by atoms with Gasteiger partial charge in [-0.25, -0.2) is 8.42 Å². The number of methoxy groups -OCH3 is 1. The van der Waals surface area contributed by atoms with E-state index >= 15 is 0 Å². The van der Waals surface area contributed by atoms with Crippen molar-refractivity contribution in [1.29, 1.82) is 0 Å². The van der Waals surface area contributed by atoms with Crippen molar-refractivity contribution in [2.75, 3.05) is 31.2 Å². The van der Waals surface area contributed by atoms with Gasteiger partial charge >= 0.3 is 0 Å². The van der Waals surface area contributed by atoms with Gasteiger partial charge in [0.25, 0.3) is 15.9 Å². The molecule has 1 saturated heterocycles. The molecule has 0 bridgehead atoms. The average Bonchev–Trinajstić information content (AvgIpc) is 3.02. The van der Waals surface area contributed by atoms with Crippen LogP contribution in [0.25, 0.3) is 0 Å². The Morgan fingerprint density at radius 3 is 2.45 bits per heavy atom. The van der Waals surface area contributed by atoms with E-state index in [9.17, 15) is 13.2 Å². The van der Waals surface area contributed by atoms with Gasteiger partial charge in [-0.1, -0.05) is 18.9 Å². The molecule has 2 aromatic rings. The predicted molar refractivity (Wildman–Crippen MR) is 116 cm³/mol. The van der Waals surface area contributed by atoms with Crippen molar-refractivity contribution in [2.45, 2.75) is 35.5 Å². The molecule has 8 heteroatoms. The van der Waals surface area contributed by atoms with Crippen molar-refractivity contribution in [3.63, 3.8) is 0 Å². The highest BCUT2D eigenvalue weighted by atomic mass is 32.2. The second-order valence-corrected chi connectivity index (χ2v) is 9.47. The number of thioether (sulfide) groups is 1. The van der Waals surface area contributed by atoms with Crippen molar-refractivity contribution >= 4 is 33.4 Å². The Kier molecular flexibility index (Phi) is 7.08. The van der Waals surface area contributed by atoms with Gasteiger partial charge in [0.15, 0.2) is 0 Å². The standard InChI is InChI=1S/C21H26N2O4S2/c1-27-20-11-10-18(15-19(20)21(24)23-12-5-3-4-6-13-23)29(25,26)22-16-8-7-9-17(14-16)28-2/h7-11,14-15,22H,3-6,12-13H2,1-2H3. The van der Waals surface area contributed by atoms with E-state index in [0.717, 1.165) is 30.6 Å². The molecule has 1 fully saturated rings. The molecule has 29 heavy (non-hydrogen) atoms. The fourth-order valence-electron chi connectivity index (χ4n) is 3.37. The van der Waals surface area contributed by atoms with Crippen LogP contribution < -0.4 is 9.46 Å². The van der Waals surface area contributed by atoms with Crippen LogP contribution in [0.2, 0.25) is 0 Å². The zero-order chi connectivity index (χ0) is 20.9. The molecule has 3 rings (SSSR count). The Morgan fingerprint density at radius 1 is 1.07 bits per heavy atom. The van der Waals surface area contributed by atoms with Gasteiger partial charge in [-0.2, -0.15) is 0 Å². The molecule has 1 heterocycles. The molecule has 0 unspecified atom stereocenters. The Bertz CT molecular complexity index is 968. The minimum Gasteiger partial charge on any atom is -0.496 e. The Balaban J connectivity index is 1.91. The molecule has 0 aliphatic carbocycles. The van der Waals surface area contributed by atoms with Crippen LogP contribution in [0.3, 0.4) is 0 Å². The highest BCUT2D eigenvalue weighted by molar-refractivity contribution is 7.98. The summed E-state index contributed by atoms with van der Waals surface area (Å²) in [4.78, 5) is 15.9. The van der Waals surface area contributed by atoms with Crippen LogP contribution in [0, 0.1) is 0 Å². The third kappa shape index (κ3) is 5.25. The summed E-state index contributed by atoms with van der Waals surface area (Å²) >= 11 is 1.53. The molecular formula is C21H26N2O4S2. The number of rotatable bonds is 6. The van der Waals surface area contributed by atoms with E-state index in [2.05, 4.69) is 4.72 Å². The van der Waals surface area contributed by atoms with Crippen LogP contribution in [0.1, 0.15) is 36.0 Å². The van der Waals surface area contributed by atoms with Crippen molar-refractivity contribution in [3.05, 3.63) is 48.0 Å². The number of benzene rings is 2. The number of hydrogen-bond acceptors (Lipinski definition) is 5. The van der Waals surface area contributed by atoms with Crippen molar-refractivity contribution in [3.8, 4) is 5.75 Å². The lowest BCUT2D eigenvalue weighted by atomic mass is 10.1. The lowest BCUT2D eigenvalue weighted by Crippen LogP contribution is -2.32. The Labute approximate surface area is 176 Å². The zero-order valence-corrected chi connectivity index (χ0v) is 18.3. The van der Waals surface area contributed by atoms with Crippen LogP contribution in [-0.2, 0) is 10.0 Å². The maximum atomic E-state index is 13.1. The molecule has 0 spiro atoms. The summed E-state index contributed by atoms with van der Waals surface area (Å²) in [5, 5.41) is 0. The quantitative estimate of drug-likeness (QED) is 0.689. The van der Waals surface area contributed by atoms with Crippen LogP contribution >= 0.6 is 11.8 Å². The van der Waals surface area contributed by atoms with E-state index in [0.29, 0.717) is 24.5 Å². The molecule has 1 amide bonds. The van der Waals surface area contributed by atoms with E-state index in [1.54, 1.807) is 23.1 Å². The van der Waals surface area contributed by atoms with E-state index in [1.165, 1.54) is 37.1 Å². The topological polar surface area (TPSA) is 75.7 Å². The first kappa shape index (κ1) is 21.5.